The molecule has 2 aliphatic carbocycles. The molecule has 1 unspecified atom stereocenters. The predicted molar refractivity (Wildman–Crippen MR) is 73.5 cm³/mol. The average molecular weight is 263 g/mol. The topological polar surface area (TPSA) is 32.3 Å². The summed E-state index contributed by atoms with van der Waals surface area (Å²) in [5, 5.41) is 13.5. The smallest absolute Gasteiger partial charge is 0.126 e. The molecule has 0 heterocycles. The van der Waals surface area contributed by atoms with Crippen molar-refractivity contribution in [3.8, 4) is 0 Å². The number of aliphatic hydroxyl groups is 1. The molecule has 2 nitrogen and oxygen atoms in total. The number of nitrogens with one attached hydrogen (secondary N) is 1. The van der Waals surface area contributed by atoms with Gasteiger partial charge < -0.3 is 10.4 Å². The Morgan fingerprint density at radius 2 is 2.05 bits per heavy atom. The van der Waals surface area contributed by atoms with Crippen LogP contribution < -0.4 is 5.32 Å². The lowest BCUT2D eigenvalue weighted by atomic mass is 9.88. The van der Waals surface area contributed by atoms with E-state index in [-0.39, 0.29) is 12.4 Å². The van der Waals surface area contributed by atoms with Crippen molar-refractivity contribution < 1.29 is 9.50 Å². The Morgan fingerprint density at radius 1 is 1.26 bits per heavy atom. The van der Waals surface area contributed by atoms with Crippen molar-refractivity contribution in [2.75, 3.05) is 6.61 Å². The number of hydrogen-bond acceptors (Lipinski definition) is 2. The number of rotatable bonds is 3. The van der Waals surface area contributed by atoms with Gasteiger partial charge in [0.1, 0.15) is 5.82 Å². The van der Waals surface area contributed by atoms with Gasteiger partial charge in [0, 0.05) is 6.04 Å². The number of hydrogen-bond donors (Lipinski definition) is 2. The van der Waals surface area contributed by atoms with Gasteiger partial charge in [0.15, 0.2) is 0 Å². The van der Waals surface area contributed by atoms with Crippen LogP contribution in [0.3, 0.4) is 0 Å². The quantitative estimate of drug-likeness (QED) is 0.879. The van der Waals surface area contributed by atoms with Crippen LogP contribution in [0.1, 0.15) is 49.7 Å². The first-order valence-electron chi connectivity index (χ1n) is 7.42. The van der Waals surface area contributed by atoms with Crippen LogP contribution in [-0.4, -0.2) is 17.8 Å². The fourth-order valence-corrected chi connectivity index (χ4v) is 3.73. The van der Waals surface area contributed by atoms with E-state index in [2.05, 4.69) is 5.32 Å². The van der Waals surface area contributed by atoms with Gasteiger partial charge in [-0.1, -0.05) is 31.4 Å². The molecule has 2 N–H and O–H groups in total. The van der Waals surface area contributed by atoms with Gasteiger partial charge in [0.05, 0.1) is 12.1 Å². The zero-order valence-electron chi connectivity index (χ0n) is 11.3. The molecular weight excluding hydrogens is 241 g/mol. The number of halogens is 1. The van der Waals surface area contributed by atoms with Crippen LogP contribution >= 0.6 is 0 Å². The Labute approximate surface area is 114 Å². The first kappa shape index (κ1) is 13.1. The molecule has 1 saturated carbocycles. The Bertz CT molecular complexity index is 456. The lowest BCUT2D eigenvalue weighted by Crippen LogP contribution is -2.49. The zero-order chi connectivity index (χ0) is 13.3. The lowest BCUT2D eigenvalue weighted by Gasteiger charge is -2.36. The van der Waals surface area contributed by atoms with Crippen LogP contribution in [0.25, 0.3) is 0 Å². The van der Waals surface area contributed by atoms with Gasteiger partial charge in [-0.15, -0.1) is 0 Å². The van der Waals surface area contributed by atoms with Gasteiger partial charge in [0.2, 0.25) is 0 Å². The van der Waals surface area contributed by atoms with E-state index in [1.165, 1.54) is 38.2 Å². The van der Waals surface area contributed by atoms with Crippen molar-refractivity contribution in [1.29, 1.82) is 0 Å². The second-order valence-corrected chi connectivity index (χ2v) is 5.99. The van der Waals surface area contributed by atoms with E-state index in [0.29, 0.717) is 6.04 Å². The molecule has 1 aromatic rings. The minimum atomic E-state index is -0.417. The van der Waals surface area contributed by atoms with E-state index in [9.17, 15) is 9.50 Å². The highest BCUT2D eigenvalue weighted by Crippen LogP contribution is 2.39. The first-order valence-corrected chi connectivity index (χ1v) is 7.42. The summed E-state index contributed by atoms with van der Waals surface area (Å²) in [6.07, 6.45) is 7.71. The van der Waals surface area contributed by atoms with E-state index < -0.39 is 5.54 Å². The van der Waals surface area contributed by atoms with E-state index in [1.807, 2.05) is 6.07 Å². The van der Waals surface area contributed by atoms with Crippen LogP contribution in [0.15, 0.2) is 18.2 Å². The molecular formula is C16H22FNO. The molecule has 19 heavy (non-hydrogen) atoms. The van der Waals surface area contributed by atoms with Crippen LogP contribution in [0.2, 0.25) is 0 Å². The van der Waals surface area contributed by atoms with Crippen LogP contribution in [0.5, 0.6) is 0 Å². The third kappa shape index (κ3) is 2.30. The highest BCUT2D eigenvalue weighted by Gasteiger charge is 2.40. The van der Waals surface area contributed by atoms with E-state index in [4.69, 9.17) is 0 Å². The summed E-state index contributed by atoms with van der Waals surface area (Å²) in [5.41, 5.74) is 1.35. The maximum Gasteiger partial charge on any atom is 0.126 e. The number of benzene rings is 1. The standard InChI is InChI=1S/C16H22FNO/c17-15-8-4-7-14-13(15)9-10-16(14,11-19)18-12-5-2-1-3-6-12/h4,7-8,12,18-19H,1-3,5-6,9-11H2. The van der Waals surface area contributed by atoms with Crippen molar-refractivity contribution >= 4 is 0 Å². The van der Waals surface area contributed by atoms with Gasteiger partial charge in [-0.25, -0.2) is 4.39 Å². The van der Waals surface area contributed by atoms with Crippen LogP contribution in [-0.2, 0) is 12.0 Å². The minimum absolute atomic E-state index is 0.0555. The summed E-state index contributed by atoms with van der Waals surface area (Å²) in [6, 6.07) is 5.71. The summed E-state index contributed by atoms with van der Waals surface area (Å²) in [6.45, 7) is 0.0555. The van der Waals surface area contributed by atoms with Crippen molar-refractivity contribution in [3.63, 3.8) is 0 Å². The van der Waals surface area contributed by atoms with Crippen molar-refractivity contribution in [2.24, 2.45) is 0 Å². The maximum absolute atomic E-state index is 13.8. The summed E-state index contributed by atoms with van der Waals surface area (Å²) in [4.78, 5) is 0. The van der Waals surface area contributed by atoms with E-state index >= 15 is 0 Å². The van der Waals surface area contributed by atoms with E-state index in [0.717, 1.165) is 24.0 Å². The fourth-order valence-electron chi connectivity index (χ4n) is 3.73. The predicted octanol–water partition coefficient (Wildman–Crippen LogP) is 2.88. The summed E-state index contributed by atoms with van der Waals surface area (Å²) in [5.74, 6) is -0.127. The second kappa shape index (κ2) is 5.22. The van der Waals surface area contributed by atoms with Crippen molar-refractivity contribution in [3.05, 3.63) is 35.1 Å². The molecule has 0 bridgehead atoms. The molecule has 2 aliphatic rings. The number of fused-ring (bicyclic) bond motifs is 1. The average Bonchev–Trinajstić information content (AvgIpc) is 2.81. The largest absolute Gasteiger partial charge is 0.394 e. The molecule has 1 aromatic carbocycles. The molecule has 0 saturated heterocycles. The molecule has 0 radical (unpaired) electrons. The molecule has 3 heteroatoms. The molecule has 0 amide bonds. The minimum Gasteiger partial charge on any atom is -0.394 e. The molecule has 104 valence electrons. The molecule has 0 spiro atoms. The van der Waals surface area contributed by atoms with Crippen molar-refractivity contribution in [2.45, 2.75) is 56.5 Å². The van der Waals surface area contributed by atoms with Gasteiger partial charge in [0.25, 0.3) is 0 Å². The van der Waals surface area contributed by atoms with Crippen LogP contribution in [0, 0.1) is 5.82 Å². The maximum atomic E-state index is 13.8. The first-order chi connectivity index (χ1) is 9.25. The summed E-state index contributed by atoms with van der Waals surface area (Å²) in [7, 11) is 0. The SMILES string of the molecule is OCC1(NC2CCCCC2)CCc2c(F)cccc21. The van der Waals surface area contributed by atoms with Gasteiger partial charge >= 0.3 is 0 Å². The third-order valence-corrected chi connectivity index (χ3v) is 4.79. The zero-order valence-corrected chi connectivity index (χ0v) is 11.3. The third-order valence-electron chi connectivity index (χ3n) is 4.79. The fraction of sp³-hybridized carbons (Fsp3) is 0.625. The highest BCUT2D eigenvalue weighted by atomic mass is 19.1. The number of aliphatic hydroxyl groups excluding tert-OH is 1. The highest BCUT2D eigenvalue weighted by molar-refractivity contribution is 5.40. The monoisotopic (exact) mass is 263 g/mol. The molecule has 1 fully saturated rings. The normalized spacial score (nSPS) is 27.5. The molecule has 3 rings (SSSR count). The summed E-state index contributed by atoms with van der Waals surface area (Å²) < 4.78 is 13.8. The van der Waals surface area contributed by atoms with Crippen molar-refractivity contribution in [1.82, 2.24) is 5.32 Å². The molecule has 0 aromatic heterocycles. The molecule has 1 atom stereocenters. The summed E-state index contributed by atoms with van der Waals surface area (Å²) >= 11 is 0. The Kier molecular flexibility index (Phi) is 3.59. The van der Waals surface area contributed by atoms with Crippen LogP contribution in [0.4, 0.5) is 4.39 Å². The Balaban J connectivity index is 1.87. The Hall–Kier alpha value is -0.930. The van der Waals surface area contributed by atoms with Gasteiger partial charge in [-0.2, -0.15) is 0 Å². The Morgan fingerprint density at radius 3 is 2.79 bits per heavy atom. The second-order valence-electron chi connectivity index (χ2n) is 5.99. The van der Waals surface area contributed by atoms with Gasteiger partial charge in [-0.3, -0.25) is 0 Å². The lowest BCUT2D eigenvalue weighted by molar-refractivity contribution is 0.137. The molecule has 0 aliphatic heterocycles. The van der Waals surface area contributed by atoms with Gasteiger partial charge in [-0.05, 0) is 42.9 Å². The van der Waals surface area contributed by atoms with E-state index in [1.54, 1.807) is 6.07 Å².